The van der Waals surface area contributed by atoms with Gasteiger partial charge in [-0.25, -0.2) is 9.97 Å². The molecule has 11 aromatic rings. The summed E-state index contributed by atoms with van der Waals surface area (Å²) >= 11 is 1.84. The number of hydrogen-bond acceptors (Lipinski definition) is 4. The summed E-state index contributed by atoms with van der Waals surface area (Å²) in [7, 11) is 0. The topological polar surface area (TPSA) is 48.8 Å². The quantitative estimate of drug-likeness (QED) is 0.183. The maximum absolute atomic E-state index is 6.59. The van der Waals surface area contributed by atoms with Crippen LogP contribution in [0.1, 0.15) is 0 Å². The van der Waals surface area contributed by atoms with E-state index in [1.165, 1.54) is 31.8 Å². The van der Waals surface area contributed by atoms with Crippen LogP contribution in [0.3, 0.4) is 0 Å². The lowest BCUT2D eigenvalue weighted by Gasteiger charge is -2.21. The molecule has 0 radical (unpaired) electrons. The molecule has 0 atom stereocenters. The van der Waals surface area contributed by atoms with Gasteiger partial charge < -0.3 is 4.42 Å². The maximum atomic E-state index is 6.59. The molecule has 0 aliphatic carbocycles. The molecule has 4 aromatic heterocycles. The van der Waals surface area contributed by atoms with Crippen LogP contribution >= 0.6 is 11.8 Å². The molecule has 0 saturated carbocycles. The minimum absolute atomic E-state index is 0.661. The summed E-state index contributed by atoms with van der Waals surface area (Å²) < 4.78 is 11.5. The van der Waals surface area contributed by atoms with Gasteiger partial charge >= 0.3 is 0 Å². The van der Waals surface area contributed by atoms with Crippen LogP contribution in [0.2, 0.25) is 0 Å². The lowest BCUT2D eigenvalue weighted by atomic mass is 10.0. The molecule has 12 rings (SSSR count). The Balaban J connectivity index is 1.22. The van der Waals surface area contributed by atoms with Crippen LogP contribution in [0, 0.1) is 0 Å². The second kappa shape index (κ2) is 11.3. The fourth-order valence-corrected chi connectivity index (χ4v) is 9.52. The van der Waals surface area contributed by atoms with Crippen LogP contribution in [-0.4, -0.2) is 19.1 Å². The number of nitrogens with zero attached hydrogens (tertiary/aromatic N) is 4. The van der Waals surface area contributed by atoms with E-state index in [0.29, 0.717) is 11.4 Å². The number of benzene rings is 7. The fraction of sp³-hybridized carbons (Fsp3) is 0. The Kier molecular flexibility index (Phi) is 6.21. The first-order chi connectivity index (χ1) is 26.8. The molecule has 0 saturated heterocycles. The molecular weight excluding hydrogens is 681 g/mol. The van der Waals surface area contributed by atoms with Gasteiger partial charge in [0, 0.05) is 48.2 Å². The first kappa shape index (κ1) is 29.7. The summed E-state index contributed by atoms with van der Waals surface area (Å²) in [6, 6.07) is 59.9. The van der Waals surface area contributed by atoms with E-state index in [4.69, 9.17) is 14.4 Å². The van der Waals surface area contributed by atoms with E-state index in [1.807, 2.05) is 36.0 Å². The van der Waals surface area contributed by atoms with Gasteiger partial charge in [0.15, 0.2) is 11.4 Å². The number of aromatic nitrogens is 4. The zero-order chi connectivity index (χ0) is 35.3. The molecule has 54 heavy (non-hydrogen) atoms. The zero-order valence-corrected chi connectivity index (χ0v) is 29.6. The summed E-state index contributed by atoms with van der Waals surface area (Å²) in [4.78, 5) is 13.3. The Morgan fingerprint density at radius 3 is 2.13 bits per heavy atom. The van der Waals surface area contributed by atoms with Gasteiger partial charge in [-0.1, -0.05) is 127 Å². The summed E-state index contributed by atoms with van der Waals surface area (Å²) in [5, 5.41) is 4.49. The number of fused-ring (bicyclic) bond motifs is 10. The van der Waals surface area contributed by atoms with Gasteiger partial charge in [-0.3, -0.25) is 9.13 Å². The summed E-state index contributed by atoms with van der Waals surface area (Å²) in [6.07, 6.45) is 0. The third-order valence-corrected chi connectivity index (χ3v) is 11.8. The van der Waals surface area contributed by atoms with Crippen molar-refractivity contribution < 1.29 is 4.42 Å². The van der Waals surface area contributed by atoms with E-state index < -0.39 is 0 Å². The van der Waals surface area contributed by atoms with E-state index in [1.54, 1.807) is 0 Å². The van der Waals surface area contributed by atoms with Crippen molar-refractivity contribution in [3.05, 3.63) is 170 Å². The minimum Gasteiger partial charge on any atom is -0.452 e. The highest BCUT2D eigenvalue weighted by Crippen LogP contribution is 2.51. The second-order valence-corrected chi connectivity index (χ2v) is 14.8. The predicted octanol–water partition coefficient (Wildman–Crippen LogP) is 12.9. The molecule has 252 valence electrons. The molecule has 7 aromatic carbocycles. The van der Waals surface area contributed by atoms with Gasteiger partial charge in [-0.15, -0.1) is 0 Å². The van der Waals surface area contributed by atoms with Crippen LogP contribution < -0.4 is 0 Å². The molecule has 1 aliphatic heterocycles. The highest BCUT2D eigenvalue weighted by atomic mass is 32.2. The van der Waals surface area contributed by atoms with Crippen LogP contribution in [0.5, 0.6) is 0 Å². The van der Waals surface area contributed by atoms with Crippen LogP contribution in [0.15, 0.2) is 184 Å². The smallest absolute Gasteiger partial charge is 0.180 e. The summed E-state index contributed by atoms with van der Waals surface area (Å²) in [5.41, 5.74) is 13.0. The zero-order valence-electron chi connectivity index (χ0n) is 28.8. The van der Waals surface area contributed by atoms with Crippen molar-refractivity contribution in [2.45, 2.75) is 9.79 Å². The van der Waals surface area contributed by atoms with Crippen molar-refractivity contribution in [1.82, 2.24) is 19.1 Å². The van der Waals surface area contributed by atoms with E-state index >= 15 is 0 Å². The Morgan fingerprint density at radius 2 is 1.22 bits per heavy atom. The molecule has 0 fully saturated rings. The minimum atomic E-state index is 0.661. The van der Waals surface area contributed by atoms with Crippen molar-refractivity contribution in [3.63, 3.8) is 0 Å². The molecule has 0 bridgehead atoms. The molecule has 5 heterocycles. The van der Waals surface area contributed by atoms with Gasteiger partial charge in [-0.2, -0.15) is 0 Å². The third kappa shape index (κ3) is 4.17. The van der Waals surface area contributed by atoms with Crippen LogP contribution in [0.4, 0.5) is 0 Å². The van der Waals surface area contributed by atoms with Gasteiger partial charge in [0.05, 0.1) is 16.7 Å². The van der Waals surface area contributed by atoms with E-state index in [0.717, 1.165) is 66.7 Å². The van der Waals surface area contributed by atoms with Gasteiger partial charge in [0.2, 0.25) is 0 Å². The lowest BCUT2D eigenvalue weighted by Crippen LogP contribution is -2.05. The first-order valence-corrected chi connectivity index (χ1v) is 18.9. The van der Waals surface area contributed by atoms with Crippen LogP contribution in [0.25, 0.3) is 100 Å². The second-order valence-electron chi connectivity index (χ2n) is 13.7. The highest BCUT2D eigenvalue weighted by molar-refractivity contribution is 7.99. The van der Waals surface area contributed by atoms with Crippen molar-refractivity contribution in [3.8, 4) is 45.1 Å². The number of furan rings is 1. The van der Waals surface area contributed by atoms with Crippen molar-refractivity contribution in [1.29, 1.82) is 0 Å². The molecule has 0 N–H and O–H groups in total. The average molecular weight is 709 g/mol. The molecular formula is C48H28N4OS. The SMILES string of the molecule is c1ccc(-c2cccc(-c3nc(-c4cccc5c4c4c6cccc7c6n(c4n5-c4ccccc4)-c4ccccc4S7)nc4c3oc3ccccc34)c2)cc1. The summed E-state index contributed by atoms with van der Waals surface area (Å²) in [6.45, 7) is 0. The first-order valence-electron chi connectivity index (χ1n) is 18.1. The molecule has 0 unspecified atom stereocenters. The highest BCUT2D eigenvalue weighted by Gasteiger charge is 2.30. The summed E-state index contributed by atoms with van der Waals surface area (Å²) in [5.74, 6) is 0.661. The third-order valence-electron chi connectivity index (χ3n) is 10.7. The van der Waals surface area contributed by atoms with Crippen molar-refractivity contribution in [2.75, 3.05) is 0 Å². The molecule has 1 aliphatic rings. The van der Waals surface area contributed by atoms with E-state index in [9.17, 15) is 0 Å². The van der Waals surface area contributed by atoms with Crippen LogP contribution in [-0.2, 0) is 0 Å². The Hall–Kier alpha value is -6.89. The Labute approximate surface area is 313 Å². The van der Waals surface area contributed by atoms with Gasteiger partial charge in [-0.05, 0) is 65.7 Å². The lowest BCUT2D eigenvalue weighted by molar-refractivity contribution is 0.667. The largest absolute Gasteiger partial charge is 0.452 e. The molecule has 0 amide bonds. The van der Waals surface area contributed by atoms with E-state index in [-0.39, 0.29) is 0 Å². The Bertz CT molecular complexity index is 3300. The number of hydrogen-bond donors (Lipinski definition) is 0. The number of para-hydroxylation sites is 4. The van der Waals surface area contributed by atoms with Gasteiger partial charge in [0.1, 0.15) is 22.4 Å². The average Bonchev–Trinajstić information content (AvgIpc) is 3.90. The van der Waals surface area contributed by atoms with Crippen molar-refractivity contribution >= 4 is 66.7 Å². The molecule has 5 nitrogen and oxygen atoms in total. The van der Waals surface area contributed by atoms with Crippen molar-refractivity contribution in [2.24, 2.45) is 0 Å². The fourth-order valence-electron chi connectivity index (χ4n) is 8.43. The monoisotopic (exact) mass is 708 g/mol. The normalized spacial score (nSPS) is 12.4. The van der Waals surface area contributed by atoms with E-state index in [2.05, 4.69) is 155 Å². The Morgan fingerprint density at radius 1 is 0.519 bits per heavy atom. The predicted molar refractivity (Wildman–Crippen MR) is 221 cm³/mol. The molecule has 6 heteroatoms. The number of rotatable bonds is 4. The van der Waals surface area contributed by atoms with Gasteiger partial charge in [0.25, 0.3) is 0 Å². The maximum Gasteiger partial charge on any atom is 0.180 e. The molecule has 0 spiro atoms. The standard InChI is InChI=1S/C48H28N4OS/c1-3-14-29(15-4-1)30-16-11-17-31(28-30)43-46-44(33-20-7-9-25-38(33)53-46)50-47(49-43)35-22-12-24-37-41(35)42-34-21-13-27-40-45(34)52(36-23-8-10-26-39(36)54-40)48(42)51(37)32-18-5-2-6-19-32/h1-28H.